The van der Waals surface area contributed by atoms with Gasteiger partial charge >= 0.3 is 0 Å². The Labute approximate surface area is 185 Å². The van der Waals surface area contributed by atoms with Gasteiger partial charge in [-0.15, -0.1) is 11.8 Å². The summed E-state index contributed by atoms with van der Waals surface area (Å²) in [7, 11) is 1.75. The fraction of sp³-hybridized carbons (Fsp3) is 0.455. The molecule has 2 amide bonds. The third kappa shape index (κ3) is 4.60. The number of rotatable bonds is 5. The van der Waals surface area contributed by atoms with E-state index in [-0.39, 0.29) is 18.4 Å². The van der Waals surface area contributed by atoms with Crippen LogP contribution in [0.3, 0.4) is 0 Å². The van der Waals surface area contributed by atoms with Crippen LogP contribution in [0.1, 0.15) is 23.2 Å². The van der Waals surface area contributed by atoms with Crippen LogP contribution in [-0.4, -0.2) is 72.2 Å². The van der Waals surface area contributed by atoms with E-state index in [4.69, 9.17) is 10.00 Å². The number of aromatic nitrogens is 1. The molecule has 1 aromatic heterocycles. The lowest BCUT2D eigenvalue weighted by molar-refractivity contribution is -0.129. The Bertz CT molecular complexity index is 1020. The first-order valence-electron chi connectivity index (χ1n) is 10.3. The number of nitrogens with zero attached hydrogens (tertiary/aromatic N) is 4. The van der Waals surface area contributed by atoms with E-state index < -0.39 is 6.04 Å². The molecule has 2 fully saturated rings. The van der Waals surface area contributed by atoms with E-state index in [0.717, 1.165) is 42.5 Å². The van der Waals surface area contributed by atoms with E-state index >= 15 is 0 Å². The van der Waals surface area contributed by atoms with Crippen molar-refractivity contribution in [2.45, 2.75) is 25.0 Å². The normalized spacial score (nSPS) is 19.4. The predicted octanol–water partition coefficient (Wildman–Crippen LogP) is 2.00. The zero-order valence-electron chi connectivity index (χ0n) is 17.4. The van der Waals surface area contributed by atoms with Crippen LogP contribution >= 0.6 is 11.8 Å². The van der Waals surface area contributed by atoms with Crippen molar-refractivity contribution < 1.29 is 14.3 Å². The summed E-state index contributed by atoms with van der Waals surface area (Å²) < 4.78 is 5.45. The summed E-state index contributed by atoms with van der Waals surface area (Å²) in [5.74, 6) is 0.519. The standard InChI is InChI=1S/C22H25N5O3S/c1-30-17-5-8-26(9-6-17)15-2-3-20-19(10-15)18(4-7-24-20)22(29)25-12-21(28)27-14-31-13-16(27)11-23/h2-4,7,10,16-17H,5-6,8-9,12-14H2,1H3,(H,25,29). The topological polar surface area (TPSA) is 98.6 Å². The van der Waals surface area contributed by atoms with Gasteiger partial charge in [0.15, 0.2) is 0 Å². The van der Waals surface area contributed by atoms with E-state index in [0.29, 0.717) is 23.3 Å². The molecule has 2 aliphatic heterocycles. The van der Waals surface area contributed by atoms with Crippen molar-refractivity contribution in [1.29, 1.82) is 5.26 Å². The zero-order chi connectivity index (χ0) is 21.8. The summed E-state index contributed by atoms with van der Waals surface area (Å²) in [4.78, 5) is 33.5. The van der Waals surface area contributed by atoms with Gasteiger partial charge in [-0.3, -0.25) is 14.6 Å². The smallest absolute Gasteiger partial charge is 0.252 e. The number of amides is 2. The average Bonchev–Trinajstić information content (AvgIpc) is 3.31. The van der Waals surface area contributed by atoms with Crippen molar-refractivity contribution in [1.82, 2.24) is 15.2 Å². The molecular formula is C22H25N5O3S. The number of carbonyl (C=O) groups is 2. The molecule has 8 nitrogen and oxygen atoms in total. The molecule has 2 saturated heterocycles. The van der Waals surface area contributed by atoms with E-state index in [2.05, 4.69) is 21.3 Å². The van der Waals surface area contributed by atoms with Crippen LogP contribution in [0.4, 0.5) is 5.69 Å². The summed E-state index contributed by atoms with van der Waals surface area (Å²) in [6, 6.07) is 9.32. The number of anilines is 1. The molecule has 0 radical (unpaired) electrons. The second-order valence-electron chi connectivity index (χ2n) is 7.67. The highest BCUT2D eigenvalue weighted by atomic mass is 32.2. The van der Waals surface area contributed by atoms with Crippen molar-refractivity contribution in [3.63, 3.8) is 0 Å². The first-order valence-corrected chi connectivity index (χ1v) is 11.5. The Kier molecular flexibility index (Phi) is 6.59. The van der Waals surface area contributed by atoms with Gasteiger partial charge in [-0.1, -0.05) is 0 Å². The van der Waals surface area contributed by atoms with Crippen molar-refractivity contribution in [2.75, 3.05) is 43.3 Å². The molecule has 0 spiro atoms. The molecule has 3 heterocycles. The molecule has 1 aromatic carbocycles. The molecule has 1 atom stereocenters. The number of fused-ring (bicyclic) bond motifs is 1. The monoisotopic (exact) mass is 439 g/mol. The minimum Gasteiger partial charge on any atom is -0.381 e. The van der Waals surface area contributed by atoms with Crippen molar-refractivity contribution >= 4 is 40.2 Å². The van der Waals surface area contributed by atoms with Gasteiger partial charge < -0.3 is 19.9 Å². The number of ether oxygens (including phenoxy) is 1. The van der Waals surface area contributed by atoms with Gasteiger partial charge in [0.2, 0.25) is 5.91 Å². The predicted molar refractivity (Wildman–Crippen MR) is 120 cm³/mol. The lowest BCUT2D eigenvalue weighted by Gasteiger charge is -2.33. The van der Waals surface area contributed by atoms with Crippen LogP contribution in [0, 0.1) is 11.3 Å². The molecule has 2 aromatic rings. The molecule has 9 heteroatoms. The Morgan fingerprint density at radius 3 is 2.87 bits per heavy atom. The molecule has 1 unspecified atom stereocenters. The average molecular weight is 440 g/mol. The van der Waals surface area contributed by atoms with Crippen molar-refractivity contribution in [3.05, 3.63) is 36.0 Å². The van der Waals surface area contributed by atoms with Crippen LogP contribution in [0.25, 0.3) is 10.9 Å². The molecule has 0 aliphatic carbocycles. The SMILES string of the molecule is COC1CCN(c2ccc3nccc(C(=O)NCC(=O)N4CSCC4C#N)c3c2)CC1. The van der Waals surface area contributed by atoms with Crippen LogP contribution in [0.2, 0.25) is 0 Å². The second kappa shape index (κ2) is 9.54. The highest BCUT2D eigenvalue weighted by Crippen LogP contribution is 2.27. The number of piperidine rings is 1. The van der Waals surface area contributed by atoms with Crippen LogP contribution in [-0.2, 0) is 9.53 Å². The molecule has 162 valence electrons. The van der Waals surface area contributed by atoms with Gasteiger partial charge in [0.25, 0.3) is 5.91 Å². The summed E-state index contributed by atoms with van der Waals surface area (Å²) in [5, 5.41) is 12.6. The molecule has 0 saturated carbocycles. The van der Waals surface area contributed by atoms with Crippen LogP contribution in [0.5, 0.6) is 0 Å². The number of benzene rings is 1. The summed E-state index contributed by atoms with van der Waals surface area (Å²) in [6.45, 7) is 1.66. The van der Waals surface area contributed by atoms with Crippen molar-refractivity contribution in [2.24, 2.45) is 0 Å². The van der Waals surface area contributed by atoms with Gasteiger partial charge in [-0.05, 0) is 37.1 Å². The number of hydrogen-bond donors (Lipinski definition) is 1. The molecule has 4 rings (SSSR count). The van der Waals surface area contributed by atoms with E-state index in [1.165, 1.54) is 4.90 Å². The number of methoxy groups -OCH3 is 1. The number of hydrogen-bond acceptors (Lipinski definition) is 7. The summed E-state index contributed by atoms with van der Waals surface area (Å²) in [5.41, 5.74) is 2.26. The highest BCUT2D eigenvalue weighted by Gasteiger charge is 2.29. The number of nitrogens with one attached hydrogen (secondary N) is 1. The van der Waals surface area contributed by atoms with Crippen molar-refractivity contribution in [3.8, 4) is 6.07 Å². The first-order chi connectivity index (χ1) is 15.1. The quantitative estimate of drug-likeness (QED) is 0.761. The molecule has 1 N–H and O–H groups in total. The van der Waals surface area contributed by atoms with Gasteiger partial charge in [0, 0.05) is 43.2 Å². The third-order valence-electron chi connectivity index (χ3n) is 5.86. The molecule has 0 bridgehead atoms. The Morgan fingerprint density at radius 1 is 1.32 bits per heavy atom. The highest BCUT2D eigenvalue weighted by molar-refractivity contribution is 7.99. The van der Waals surface area contributed by atoms with Gasteiger partial charge in [-0.2, -0.15) is 5.26 Å². The minimum atomic E-state index is -0.430. The fourth-order valence-corrected chi connectivity index (χ4v) is 5.13. The molecule has 2 aliphatic rings. The first kappa shape index (κ1) is 21.4. The third-order valence-corrected chi connectivity index (χ3v) is 6.87. The van der Waals surface area contributed by atoms with E-state index in [1.54, 1.807) is 31.1 Å². The Hall–Kier alpha value is -2.83. The van der Waals surface area contributed by atoms with Gasteiger partial charge in [0.05, 0.1) is 35.7 Å². The zero-order valence-corrected chi connectivity index (χ0v) is 18.2. The second-order valence-corrected chi connectivity index (χ2v) is 8.67. The van der Waals surface area contributed by atoms with Gasteiger partial charge in [-0.25, -0.2) is 0 Å². The maximum atomic E-state index is 12.9. The minimum absolute atomic E-state index is 0.133. The van der Waals surface area contributed by atoms with Crippen LogP contribution < -0.4 is 10.2 Å². The number of carbonyl (C=O) groups excluding carboxylic acids is 2. The number of pyridine rings is 1. The van der Waals surface area contributed by atoms with E-state index in [1.807, 2.05) is 18.2 Å². The Morgan fingerprint density at radius 2 is 2.13 bits per heavy atom. The lowest BCUT2D eigenvalue weighted by atomic mass is 10.0. The molecular weight excluding hydrogens is 414 g/mol. The maximum absolute atomic E-state index is 12.9. The number of nitriles is 1. The Balaban J connectivity index is 1.48. The lowest BCUT2D eigenvalue weighted by Crippen LogP contribution is -2.42. The maximum Gasteiger partial charge on any atom is 0.252 e. The van der Waals surface area contributed by atoms with E-state index in [9.17, 15) is 9.59 Å². The fourth-order valence-electron chi connectivity index (χ4n) is 4.03. The van der Waals surface area contributed by atoms with Crippen LogP contribution in [0.15, 0.2) is 30.5 Å². The number of thioether (sulfide) groups is 1. The summed E-state index contributed by atoms with van der Waals surface area (Å²) >= 11 is 1.54. The summed E-state index contributed by atoms with van der Waals surface area (Å²) in [6.07, 6.45) is 3.84. The molecule has 31 heavy (non-hydrogen) atoms. The largest absolute Gasteiger partial charge is 0.381 e. The van der Waals surface area contributed by atoms with Gasteiger partial charge in [0.1, 0.15) is 6.04 Å².